The highest BCUT2D eigenvalue weighted by Crippen LogP contribution is 2.36. The second kappa shape index (κ2) is 28.0. The van der Waals surface area contributed by atoms with E-state index in [2.05, 4.69) is 9.80 Å². The molecule has 0 bridgehead atoms. The van der Waals surface area contributed by atoms with E-state index in [0.717, 1.165) is 71.1 Å². The van der Waals surface area contributed by atoms with Gasteiger partial charge in [0.15, 0.2) is 18.3 Å². The topological polar surface area (TPSA) is 191 Å². The minimum absolute atomic E-state index is 0.0361. The molecule has 2 saturated heterocycles. The van der Waals surface area contributed by atoms with Gasteiger partial charge in [-0.15, -0.1) is 0 Å². The third-order valence-corrected chi connectivity index (χ3v) is 15.2. The van der Waals surface area contributed by atoms with E-state index >= 15 is 4.39 Å². The number of nitrogens with zero attached hydrogens (tertiary/aromatic N) is 5. The Hall–Kier alpha value is -6.60. The molecule has 2 heterocycles. The number of hydrogen-bond donors (Lipinski definition) is 0. The second-order valence-electron chi connectivity index (χ2n) is 22.1. The average molecular weight is 1100 g/mol. The summed E-state index contributed by atoms with van der Waals surface area (Å²) in [4.78, 5) is 107. The molecular weight excluding hydrogens is 1020 g/mol. The maximum absolute atomic E-state index is 15.8. The Kier molecular flexibility index (Phi) is 21.3. The number of aryl methyl sites for hydroxylation is 1. The van der Waals surface area contributed by atoms with Crippen molar-refractivity contribution in [2.45, 2.75) is 141 Å². The number of hydrogen-bond acceptors (Lipinski definition) is 15. The summed E-state index contributed by atoms with van der Waals surface area (Å²) in [6, 6.07) is 20.7. The molecule has 2 aliphatic heterocycles. The molecule has 3 aromatic rings. The molecule has 3 amide bonds. The Labute approximate surface area is 464 Å². The molecule has 0 radical (unpaired) electrons. The van der Waals surface area contributed by atoms with E-state index in [-0.39, 0.29) is 43.6 Å². The summed E-state index contributed by atoms with van der Waals surface area (Å²) < 4.78 is 49.8. The first kappa shape index (κ1) is 60.0. The zero-order valence-electron chi connectivity index (χ0n) is 47.0. The zero-order chi connectivity index (χ0) is 56.8. The van der Waals surface area contributed by atoms with Gasteiger partial charge in [0.25, 0.3) is 11.8 Å². The van der Waals surface area contributed by atoms with Crippen LogP contribution in [0.1, 0.15) is 95.8 Å². The van der Waals surface area contributed by atoms with Crippen LogP contribution >= 0.6 is 0 Å². The smallest absolute Gasteiger partial charge is 0.347 e. The van der Waals surface area contributed by atoms with Crippen LogP contribution in [0.2, 0.25) is 0 Å². The van der Waals surface area contributed by atoms with E-state index in [0.29, 0.717) is 57.9 Å². The molecule has 0 N–H and O–H groups in total. The molecule has 4 fully saturated rings. The van der Waals surface area contributed by atoms with E-state index in [1.165, 1.54) is 46.7 Å². The van der Waals surface area contributed by atoms with Gasteiger partial charge in [0.05, 0.1) is 26.4 Å². The molecule has 4 aliphatic rings. The van der Waals surface area contributed by atoms with Gasteiger partial charge in [0, 0.05) is 78.0 Å². The van der Waals surface area contributed by atoms with Crippen molar-refractivity contribution in [3.8, 4) is 0 Å². The highest BCUT2D eigenvalue weighted by molar-refractivity contribution is 5.92. The number of carbonyl (C=O) groups is 7. The molecule has 2 saturated carbocycles. The molecule has 0 aromatic heterocycles. The van der Waals surface area contributed by atoms with Gasteiger partial charge in [0.1, 0.15) is 30.4 Å². The van der Waals surface area contributed by atoms with Crippen LogP contribution in [0.15, 0.2) is 78.9 Å². The van der Waals surface area contributed by atoms with Crippen molar-refractivity contribution in [2.75, 3.05) is 83.5 Å². The molecule has 19 heteroatoms. The fraction of sp³-hybridized carbons (Fsp3) is 0.583. The first-order valence-electron chi connectivity index (χ1n) is 27.9. The lowest BCUT2D eigenvalue weighted by Crippen LogP contribution is -2.53. The lowest BCUT2D eigenvalue weighted by molar-refractivity contribution is -0.175. The van der Waals surface area contributed by atoms with Crippen LogP contribution in [0.4, 0.5) is 15.8 Å². The number of anilines is 2. The van der Waals surface area contributed by atoms with E-state index in [9.17, 15) is 33.6 Å². The van der Waals surface area contributed by atoms with E-state index < -0.39 is 84.2 Å². The van der Waals surface area contributed by atoms with Crippen molar-refractivity contribution >= 4 is 53.0 Å². The summed E-state index contributed by atoms with van der Waals surface area (Å²) in [7, 11) is 4.23. The molecular formula is C60H80FN5O13. The second-order valence-corrected chi connectivity index (χ2v) is 22.1. The van der Waals surface area contributed by atoms with E-state index in [4.69, 9.17) is 28.4 Å². The lowest BCUT2D eigenvalue weighted by Gasteiger charge is -2.34. The Morgan fingerprint density at radius 1 is 0.582 bits per heavy atom. The van der Waals surface area contributed by atoms with Gasteiger partial charge in [-0.1, -0.05) is 80.3 Å². The van der Waals surface area contributed by atoms with Crippen molar-refractivity contribution < 1.29 is 66.4 Å². The summed E-state index contributed by atoms with van der Waals surface area (Å²) in [5.74, 6) is -5.12. The van der Waals surface area contributed by atoms with Gasteiger partial charge in [-0.2, -0.15) is 0 Å². The molecule has 3 aromatic carbocycles. The maximum atomic E-state index is 15.8. The number of esters is 4. The van der Waals surface area contributed by atoms with E-state index in [1.54, 1.807) is 43.4 Å². The normalized spacial score (nSPS) is 17.9. The number of ether oxygens (including phenoxy) is 6. The largest absolute Gasteiger partial charge is 0.458 e. The summed E-state index contributed by atoms with van der Waals surface area (Å²) in [6.07, 6.45) is -0.583. The molecule has 430 valence electrons. The van der Waals surface area contributed by atoms with Crippen molar-refractivity contribution in [1.82, 2.24) is 14.7 Å². The van der Waals surface area contributed by atoms with Gasteiger partial charge in [-0.25, -0.2) is 23.6 Å². The van der Waals surface area contributed by atoms with Crippen LogP contribution in [-0.2, 0) is 81.4 Å². The van der Waals surface area contributed by atoms with Gasteiger partial charge in [-0.05, 0) is 99.7 Å². The van der Waals surface area contributed by atoms with Crippen LogP contribution < -0.4 is 9.80 Å². The molecule has 0 spiro atoms. The van der Waals surface area contributed by atoms with Crippen molar-refractivity contribution in [3.05, 3.63) is 95.6 Å². The molecule has 0 unspecified atom stereocenters. The number of halogens is 1. The SMILES string of the molecule is C[C@@H](OC(=O)[C@H](CC1CC1)N(C)C(=O)[C@@H](Cc1ccc(N2CCOCC2)cc1)OC(=O)[C@H](CC(C)(C)F)N(C)C(=O)[C@@H](C)OC(=O)[C@H](CC1CC1)N(C)C(=O)CCc1ccc(N2CCOCC2)cc1)C(=O)OCc1ccccc1. The lowest BCUT2D eigenvalue weighted by atomic mass is 9.99. The Bertz CT molecular complexity index is 2530. The predicted octanol–water partition coefficient (Wildman–Crippen LogP) is 6.27. The van der Waals surface area contributed by atoms with Crippen molar-refractivity contribution in [1.29, 1.82) is 0 Å². The van der Waals surface area contributed by atoms with Crippen LogP contribution in [0.25, 0.3) is 0 Å². The van der Waals surface area contributed by atoms with Crippen LogP contribution in [0.5, 0.6) is 0 Å². The molecule has 6 atom stereocenters. The minimum atomic E-state index is -2.05. The average Bonchev–Trinajstić information content (AvgIpc) is 4.43. The Morgan fingerprint density at radius 2 is 1.05 bits per heavy atom. The number of rotatable bonds is 27. The highest BCUT2D eigenvalue weighted by Gasteiger charge is 2.43. The van der Waals surface area contributed by atoms with Crippen LogP contribution in [0.3, 0.4) is 0 Å². The predicted molar refractivity (Wildman–Crippen MR) is 292 cm³/mol. The van der Waals surface area contributed by atoms with Crippen molar-refractivity contribution in [2.24, 2.45) is 11.8 Å². The fourth-order valence-corrected chi connectivity index (χ4v) is 9.85. The van der Waals surface area contributed by atoms with Crippen LogP contribution in [-0.4, -0.2) is 172 Å². The molecule has 79 heavy (non-hydrogen) atoms. The Balaban J connectivity index is 1.04. The number of carbonyl (C=O) groups excluding carboxylic acids is 7. The van der Waals surface area contributed by atoms with Crippen molar-refractivity contribution in [3.63, 3.8) is 0 Å². The first-order chi connectivity index (χ1) is 37.7. The highest BCUT2D eigenvalue weighted by atomic mass is 19.1. The van der Waals surface area contributed by atoms with Gasteiger partial charge in [-0.3, -0.25) is 14.4 Å². The fourth-order valence-electron chi connectivity index (χ4n) is 9.85. The number of amides is 3. The standard InChI is InChI=1S/C60H80FN5O13/c1-40(77-57(71)49(35-43-13-14-43)62(5)53(67)26-21-42-17-22-47(23-18-42)65-27-31-74-32-28-65)54(68)64(7)51(38-60(3,4)61)59(73)79-52(37-45-19-24-48(25-20-45)66-29-33-75-34-30-66)55(69)63(6)50(36-44-15-16-44)58(72)78-41(2)56(70)76-39-46-11-9-8-10-12-46/h8-12,17-20,22-25,40-41,43-44,49-52H,13-16,21,26-39H2,1-7H3/t40-,41-,49+,50+,51+,52-/m1/s1. The summed E-state index contributed by atoms with van der Waals surface area (Å²) in [5.41, 5.74) is 2.27. The zero-order valence-corrected chi connectivity index (χ0v) is 47.0. The third kappa shape index (κ3) is 18.0. The number of morpholine rings is 2. The monoisotopic (exact) mass is 1100 g/mol. The molecule has 18 nitrogen and oxygen atoms in total. The van der Waals surface area contributed by atoms with E-state index in [1.807, 2.05) is 42.5 Å². The quantitative estimate of drug-likeness (QED) is 0.0613. The number of likely N-dealkylation sites (N-methyl/N-ethyl adjacent to an activating group) is 3. The summed E-state index contributed by atoms with van der Waals surface area (Å²) in [5, 5.41) is 0. The van der Waals surface area contributed by atoms with Gasteiger partial charge < -0.3 is 52.9 Å². The first-order valence-corrected chi connectivity index (χ1v) is 27.9. The molecule has 2 aliphatic carbocycles. The minimum Gasteiger partial charge on any atom is -0.458 e. The summed E-state index contributed by atoms with van der Waals surface area (Å²) in [6.45, 7) is 10.6. The maximum Gasteiger partial charge on any atom is 0.347 e. The summed E-state index contributed by atoms with van der Waals surface area (Å²) >= 11 is 0. The Morgan fingerprint density at radius 3 is 1.56 bits per heavy atom. The number of alkyl halides is 1. The molecule has 7 rings (SSSR count). The number of benzene rings is 3. The van der Waals surface area contributed by atoms with Gasteiger partial charge >= 0.3 is 23.9 Å². The van der Waals surface area contributed by atoms with Crippen LogP contribution in [0, 0.1) is 11.8 Å². The third-order valence-electron chi connectivity index (χ3n) is 15.2. The van der Waals surface area contributed by atoms with Gasteiger partial charge in [0.2, 0.25) is 5.91 Å².